The summed E-state index contributed by atoms with van der Waals surface area (Å²) in [5, 5.41) is 0. The first kappa shape index (κ1) is 13.7. The van der Waals surface area contributed by atoms with Gasteiger partial charge in [-0.1, -0.05) is 13.3 Å². The lowest BCUT2D eigenvalue weighted by Crippen LogP contribution is -2.39. The molecule has 1 aromatic rings. The third-order valence-electron chi connectivity index (χ3n) is 4.11. The fraction of sp³-hybridized carbons (Fsp3) is 0.643. The minimum absolute atomic E-state index is 0.0515. The van der Waals surface area contributed by atoms with Gasteiger partial charge >= 0.3 is 0 Å². The van der Waals surface area contributed by atoms with E-state index in [-0.39, 0.29) is 5.91 Å². The molecular weight excluding hydrogens is 294 g/mol. The number of carbonyl (C=O) groups is 1. The molecule has 3 nitrogen and oxygen atoms in total. The van der Waals surface area contributed by atoms with E-state index >= 15 is 0 Å². The van der Waals surface area contributed by atoms with Gasteiger partial charge in [0.1, 0.15) is 0 Å². The van der Waals surface area contributed by atoms with E-state index in [9.17, 15) is 4.79 Å². The van der Waals surface area contributed by atoms with E-state index in [1.165, 1.54) is 19.3 Å². The van der Waals surface area contributed by atoms with Gasteiger partial charge in [0, 0.05) is 13.1 Å². The number of rotatable bonds is 3. The van der Waals surface area contributed by atoms with Crippen LogP contribution in [0.1, 0.15) is 49.4 Å². The first-order valence-corrected chi connectivity index (χ1v) is 7.43. The van der Waals surface area contributed by atoms with Gasteiger partial charge in [-0.2, -0.15) is 0 Å². The standard InChI is InChI=1S/C14H20BrNO2/c1-3-10-4-6-11(7-5-10)16(2)14(17)12-8-9-18-13(12)15/h8-11H,3-7H2,1-2H3. The molecule has 1 aromatic heterocycles. The second-order valence-electron chi connectivity index (χ2n) is 5.11. The Hall–Kier alpha value is -0.770. The molecule has 100 valence electrons. The molecule has 0 N–H and O–H groups in total. The van der Waals surface area contributed by atoms with Crippen molar-refractivity contribution >= 4 is 21.8 Å². The monoisotopic (exact) mass is 313 g/mol. The van der Waals surface area contributed by atoms with Crippen molar-refractivity contribution in [2.75, 3.05) is 7.05 Å². The molecule has 4 heteroatoms. The van der Waals surface area contributed by atoms with Crippen molar-refractivity contribution < 1.29 is 9.21 Å². The zero-order chi connectivity index (χ0) is 13.1. The summed E-state index contributed by atoms with van der Waals surface area (Å²) in [5.41, 5.74) is 0.620. The number of halogens is 1. The van der Waals surface area contributed by atoms with Crippen LogP contribution in [-0.2, 0) is 0 Å². The number of amides is 1. The quantitative estimate of drug-likeness (QED) is 0.842. The van der Waals surface area contributed by atoms with E-state index in [1.54, 1.807) is 12.3 Å². The van der Waals surface area contributed by atoms with Gasteiger partial charge < -0.3 is 9.32 Å². The largest absolute Gasteiger partial charge is 0.457 e. The Balaban J connectivity index is 1.98. The first-order chi connectivity index (χ1) is 8.63. The Morgan fingerprint density at radius 3 is 2.61 bits per heavy atom. The second kappa shape index (κ2) is 5.91. The van der Waals surface area contributed by atoms with Gasteiger partial charge in [0.2, 0.25) is 0 Å². The third kappa shape index (κ3) is 2.79. The summed E-state index contributed by atoms with van der Waals surface area (Å²) in [6, 6.07) is 2.10. The fourth-order valence-electron chi connectivity index (χ4n) is 2.74. The molecular formula is C14H20BrNO2. The van der Waals surface area contributed by atoms with E-state index in [2.05, 4.69) is 22.9 Å². The summed E-state index contributed by atoms with van der Waals surface area (Å²) in [5.74, 6) is 0.904. The minimum atomic E-state index is 0.0515. The Kier molecular flexibility index (Phi) is 4.49. The van der Waals surface area contributed by atoms with Crippen molar-refractivity contribution in [3.05, 3.63) is 22.6 Å². The lowest BCUT2D eigenvalue weighted by Gasteiger charge is -2.34. The van der Waals surface area contributed by atoms with Crippen LogP contribution in [0.25, 0.3) is 0 Å². The highest BCUT2D eigenvalue weighted by molar-refractivity contribution is 9.10. The highest BCUT2D eigenvalue weighted by Gasteiger charge is 2.27. The van der Waals surface area contributed by atoms with Crippen molar-refractivity contribution in [2.24, 2.45) is 5.92 Å². The summed E-state index contributed by atoms with van der Waals surface area (Å²) in [6.45, 7) is 2.25. The topological polar surface area (TPSA) is 33.5 Å². The molecule has 1 aliphatic carbocycles. The smallest absolute Gasteiger partial charge is 0.258 e. The molecule has 1 heterocycles. The van der Waals surface area contributed by atoms with Crippen LogP contribution < -0.4 is 0 Å². The maximum atomic E-state index is 12.3. The average molecular weight is 314 g/mol. The van der Waals surface area contributed by atoms with E-state index in [1.807, 2.05) is 11.9 Å². The maximum absolute atomic E-state index is 12.3. The van der Waals surface area contributed by atoms with Crippen LogP contribution in [0.4, 0.5) is 0 Å². The Morgan fingerprint density at radius 1 is 1.44 bits per heavy atom. The number of nitrogens with zero attached hydrogens (tertiary/aromatic N) is 1. The third-order valence-corrected chi connectivity index (χ3v) is 4.72. The van der Waals surface area contributed by atoms with E-state index in [4.69, 9.17) is 4.42 Å². The van der Waals surface area contributed by atoms with Crippen molar-refractivity contribution in [1.82, 2.24) is 4.90 Å². The zero-order valence-electron chi connectivity index (χ0n) is 11.0. The second-order valence-corrected chi connectivity index (χ2v) is 5.83. The van der Waals surface area contributed by atoms with E-state index < -0.39 is 0 Å². The van der Waals surface area contributed by atoms with Crippen molar-refractivity contribution in [3.63, 3.8) is 0 Å². The van der Waals surface area contributed by atoms with Gasteiger partial charge in [0.15, 0.2) is 4.67 Å². The zero-order valence-corrected chi connectivity index (χ0v) is 12.6. The molecule has 1 saturated carbocycles. The molecule has 1 fully saturated rings. The molecule has 0 atom stereocenters. The fourth-order valence-corrected chi connectivity index (χ4v) is 3.15. The maximum Gasteiger partial charge on any atom is 0.258 e. The highest BCUT2D eigenvalue weighted by Crippen LogP contribution is 2.30. The molecule has 0 aromatic carbocycles. The number of hydrogen-bond acceptors (Lipinski definition) is 2. The van der Waals surface area contributed by atoms with Gasteiger partial charge in [-0.3, -0.25) is 4.79 Å². The number of furan rings is 1. The minimum Gasteiger partial charge on any atom is -0.457 e. The molecule has 2 rings (SSSR count). The Bertz CT molecular complexity index is 408. The van der Waals surface area contributed by atoms with Crippen LogP contribution >= 0.6 is 15.9 Å². The summed E-state index contributed by atoms with van der Waals surface area (Å²) >= 11 is 3.27. The van der Waals surface area contributed by atoms with Gasteiger partial charge in [-0.25, -0.2) is 0 Å². The summed E-state index contributed by atoms with van der Waals surface area (Å²) in [4.78, 5) is 14.2. The van der Waals surface area contributed by atoms with Gasteiger partial charge in [-0.05, 0) is 53.6 Å². The van der Waals surface area contributed by atoms with Crippen LogP contribution in [0, 0.1) is 5.92 Å². The number of carbonyl (C=O) groups excluding carboxylic acids is 1. The normalized spacial score (nSPS) is 23.9. The molecule has 0 saturated heterocycles. The lowest BCUT2D eigenvalue weighted by molar-refractivity contribution is 0.0672. The van der Waals surface area contributed by atoms with Crippen molar-refractivity contribution in [3.8, 4) is 0 Å². The molecule has 18 heavy (non-hydrogen) atoms. The molecule has 0 unspecified atom stereocenters. The first-order valence-electron chi connectivity index (χ1n) is 6.63. The van der Waals surface area contributed by atoms with Crippen molar-refractivity contribution in [1.29, 1.82) is 0 Å². The van der Waals surface area contributed by atoms with Gasteiger partial charge in [0.25, 0.3) is 5.91 Å². The molecule has 0 bridgehead atoms. The average Bonchev–Trinajstić information content (AvgIpc) is 2.83. The lowest BCUT2D eigenvalue weighted by atomic mass is 9.84. The van der Waals surface area contributed by atoms with Crippen LogP contribution in [0.3, 0.4) is 0 Å². The summed E-state index contributed by atoms with van der Waals surface area (Å²) < 4.78 is 5.66. The molecule has 1 aliphatic rings. The molecule has 1 amide bonds. The summed E-state index contributed by atoms with van der Waals surface area (Å²) in [7, 11) is 1.90. The Morgan fingerprint density at radius 2 is 2.11 bits per heavy atom. The molecule has 0 radical (unpaired) electrons. The molecule has 0 spiro atoms. The summed E-state index contributed by atoms with van der Waals surface area (Å²) in [6.07, 6.45) is 7.53. The van der Waals surface area contributed by atoms with Crippen LogP contribution in [0.5, 0.6) is 0 Å². The number of hydrogen-bond donors (Lipinski definition) is 0. The van der Waals surface area contributed by atoms with Gasteiger partial charge in [-0.15, -0.1) is 0 Å². The highest BCUT2D eigenvalue weighted by atomic mass is 79.9. The SMILES string of the molecule is CCC1CCC(N(C)C(=O)c2ccoc2Br)CC1. The van der Waals surface area contributed by atoms with E-state index in [0.29, 0.717) is 16.3 Å². The Labute approximate surface area is 117 Å². The van der Waals surface area contributed by atoms with Gasteiger partial charge in [0.05, 0.1) is 11.8 Å². The van der Waals surface area contributed by atoms with Crippen LogP contribution in [0.15, 0.2) is 21.4 Å². The van der Waals surface area contributed by atoms with Crippen LogP contribution in [0.2, 0.25) is 0 Å². The van der Waals surface area contributed by atoms with Crippen molar-refractivity contribution in [2.45, 2.75) is 45.1 Å². The van der Waals surface area contributed by atoms with Crippen LogP contribution in [-0.4, -0.2) is 23.9 Å². The predicted molar refractivity (Wildman–Crippen MR) is 74.5 cm³/mol. The van der Waals surface area contributed by atoms with E-state index in [0.717, 1.165) is 18.8 Å². The predicted octanol–water partition coefficient (Wildman–Crippen LogP) is 4.08. The molecule has 0 aliphatic heterocycles.